The van der Waals surface area contributed by atoms with Gasteiger partial charge in [-0.1, -0.05) is 36.8 Å². The van der Waals surface area contributed by atoms with Crippen molar-refractivity contribution in [3.63, 3.8) is 0 Å². The van der Waals surface area contributed by atoms with E-state index in [0.717, 1.165) is 31.2 Å². The van der Waals surface area contributed by atoms with Crippen LogP contribution in [0.25, 0.3) is 0 Å². The molecule has 1 aromatic heterocycles. The van der Waals surface area contributed by atoms with E-state index in [4.69, 9.17) is 14.2 Å². The first kappa shape index (κ1) is 27.9. The second-order valence-electron chi connectivity index (χ2n) is 8.76. The lowest BCUT2D eigenvalue weighted by Gasteiger charge is -2.20. The number of nitrogens with zero attached hydrogens (tertiary/aromatic N) is 3. The van der Waals surface area contributed by atoms with Crippen LogP contribution in [0, 0.1) is 0 Å². The van der Waals surface area contributed by atoms with E-state index in [1.54, 1.807) is 0 Å². The second kappa shape index (κ2) is 13.1. The number of fused-ring (bicyclic) bond motifs is 4. The molecule has 0 saturated heterocycles. The normalized spacial score (nSPS) is 16.9. The van der Waals surface area contributed by atoms with Crippen LogP contribution in [0.5, 0.6) is 11.8 Å². The summed E-state index contributed by atoms with van der Waals surface area (Å²) < 4.78 is 55.0. The first-order chi connectivity index (χ1) is 18.8. The van der Waals surface area contributed by atoms with Gasteiger partial charge in [0.2, 0.25) is 11.9 Å². The smallest absolute Gasteiger partial charge is 0.422 e. The summed E-state index contributed by atoms with van der Waals surface area (Å²) in [6, 6.07) is 12.7. The topological polar surface area (TPSA) is 128 Å². The highest BCUT2D eigenvalue weighted by atomic mass is 19.4. The van der Waals surface area contributed by atoms with Crippen molar-refractivity contribution < 1.29 is 37.3 Å². The molecule has 208 valence electrons. The fraction of sp³-hybridized carbons (Fsp3) is 0.385. The SMILES string of the molecule is O=C(O)c1ccc2cc1OCCCCCCOCC(c1ccccc1)Nc1nc(nc(OCC(F)(F)F)n1)N2. The zero-order valence-electron chi connectivity index (χ0n) is 20.9. The maximum Gasteiger partial charge on any atom is 0.422 e. The lowest BCUT2D eigenvalue weighted by molar-refractivity contribution is -0.154. The van der Waals surface area contributed by atoms with Crippen LogP contribution in [0.2, 0.25) is 0 Å². The predicted molar refractivity (Wildman–Crippen MR) is 136 cm³/mol. The number of nitrogens with one attached hydrogen (secondary N) is 2. The van der Waals surface area contributed by atoms with Crippen LogP contribution in [0.15, 0.2) is 48.5 Å². The molecule has 3 aromatic rings. The summed E-state index contributed by atoms with van der Waals surface area (Å²) in [5.74, 6) is -1.17. The number of hydrogen-bond donors (Lipinski definition) is 3. The fourth-order valence-electron chi connectivity index (χ4n) is 3.82. The zero-order chi connectivity index (χ0) is 27.7. The molecule has 0 aliphatic carbocycles. The molecule has 0 fully saturated rings. The molecule has 0 saturated carbocycles. The molecule has 2 aromatic carbocycles. The summed E-state index contributed by atoms with van der Waals surface area (Å²) in [7, 11) is 0. The van der Waals surface area contributed by atoms with Gasteiger partial charge in [-0.05, 0) is 37.0 Å². The van der Waals surface area contributed by atoms with Crippen molar-refractivity contribution in [2.24, 2.45) is 0 Å². The van der Waals surface area contributed by atoms with Crippen molar-refractivity contribution in [2.45, 2.75) is 37.9 Å². The Labute approximate surface area is 222 Å². The zero-order valence-corrected chi connectivity index (χ0v) is 20.9. The molecular formula is C26H28F3N5O5. The first-order valence-corrected chi connectivity index (χ1v) is 12.4. The monoisotopic (exact) mass is 547 g/mol. The maximum absolute atomic E-state index is 12.8. The highest BCUT2D eigenvalue weighted by molar-refractivity contribution is 5.91. The molecule has 1 unspecified atom stereocenters. The van der Waals surface area contributed by atoms with Gasteiger partial charge >= 0.3 is 18.2 Å². The van der Waals surface area contributed by atoms with Gasteiger partial charge in [-0.2, -0.15) is 28.1 Å². The van der Waals surface area contributed by atoms with Crippen molar-refractivity contribution in [2.75, 3.05) is 37.1 Å². The lowest BCUT2D eigenvalue weighted by atomic mass is 10.1. The minimum atomic E-state index is -4.60. The van der Waals surface area contributed by atoms with E-state index in [1.165, 1.54) is 18.2 Å². The number of ether oxygens (including phenoxy) is 3. The first-order valence-electron chi connectivity index (χ1n) is 12.4. The number of hydrogen-bond acceptors (Lipinski definition) is 9. The summed E-state index contributed by atoms with van der Waals surface area (Å²) in [4.78, 5) is 24.0. The van der Waals surface area contributed by atoms with Gasteiger partial charge in [0.15, 0.2) is 6.61 Å². The van der Waals surface area contributed by atoms with Crippen LogP contribution in [0.3, 0.4) is 0 Å². The van der Waals surface area contributed by atoms with Gasteiger partial charge in [0, 0.05) is 18.4 Å². The molecule has 10 nitrogen and oxygen atoms in total. The molecular weight excluding hydrogens is 519 g/mol. The molecule has 1 aliphatic rings. The molecule has 13 heteroatoms. The van der Waals surface area contributed by atoms with Crippen LogP contribution in [0.4, 0.5) is 30.8 Å². The highest BCUT2D eigenvalue weighted by Crippen LogP contribution is 2.27. The third-order valence-corrected chi connectivity index (χ3v) is 5.68. The Balaban J connectivity index is 1.69. The Hall–Kier alpha value is -4.13. The van der Waals surface area contributed by atoms with Crippen LogP contribution in [0.1, 0.15) is 47.6 Å². The van der Waals surface area contributed by atoms with E-state index in [2.05, 4.69) is 25.6 Å². The standard InChI is InChI=1S/C26H28F3N5O5/c27-26(28,29)16-39-25-33-23-30-18-10-11-19(22(35)36)21(14-18)38-13-7-2-1-6-12-37-15-20(31-24(32-23)34-25)17-8-4-3-5-9-17/h3-5,8-11,14,20H,1-2,6-7,12-13,15-16H2,(H,35,36)(H2,30,31,32,33,34). The average Bonchev–Trinajstić information content (AvgIpc) is 2.90. The minimum absolute atomic E-state index is 0.0266. The molecule has 0 amide bonds. The lowest BCUT2D eigenvalue weighted by Crippen LogP contribution is -2.22. The van der Waals surface area contributed by atoms with E-state index in [1.807, 2.05) is 30.3 Å². The Bertz CT molecular complexity index is 1250. The van der Waals surface area contributed by atoms with Crippen molar-refractivity contribution in [3.8, 4) is 11.8 Å². The van der Waals surface area contributed by atoms with E-state index < -0.39 is 30.8 Å². The molecule has 1 aliphatic heterocycles. The number of aromatic carboxylic acids is 1. The molecule has 3 N–H and O–H groups in total. The number of aromatic nitrogens is 3. The molecule has 2 heterocycles. The quantitative estimate of drug-likeness (QED) is 0.392. The van der Waals surface area contributed by atoms with Gasteiger partial charge in [0.25, 0.3) is 0 Å². The van der Waals surface area contributed by atoms with E-state index in [-0.39, 0.29) is 29.8 Å². The van der Waals surface area contributed by atoms with Gasteiger partial charge in [-0.25, -0.2) is 4.79 Å². The fourth-order valence-corrected chi connectivity index (χ4v) is 3.82. The number of halogens is 3. The number of benzene rings is 2. The molecule has 4 bridgehead atoms. The molecule has 0 radical (unpaired) electrons. The van der Waals surface area contributed by atoms with Crippen LogP contribution in [-0.4, -0.2) is 58.6 Å². The van der Waals surface area contributed by atoms with Crippen molar-refractivity contribution in [1.82, 2.24) is 15.0 Å². The molecule has 1 atom stereocenters. The Morgan fingerprint density at radius 2 is 1.74 bits per heavy atom. The molecule has 39 heavy (non-hydrogen) atoms. The largest absolute Gasteiger partial charge is 0.493 e. The number of carbonyl (C=O) groups is 1. The van der Waals surface area contributed by atoms with Crippen molar-refractivity contribution in [1.29, 1.82) is 0 Å². The van der Waals surface area contributed by atoms with E-state index in [0.29, 0.717) is 18.9 Å². The summed E-state index contributed by atoms with van der Waals surface area (Å²) in [5.41, 5.74) is 1.20. The van der Waals surface area contributed by atoms with Crippen LogP contribution >= 0.6 is 0 Å². The number of carboxylic acid groups (broad SMARTS) is 1. The Morgan fingerprint density at radius 1 is 1.00 bits per heavy atom. The van der Waals surface area contributed by atoms with Gasteiger partial charge in [-0.3, -0.25) is 0 Å². The minimum Gasteiger partial charge on any atom is -0.493 e. The van der Waals surface area contributed by atoms with Gasteiger partial charge < -0.3 is 30.0 Å². The number of anilines is 3. The average molecular weight is 548 g/mol. The third-order valence-electron chi connectivity index (χ3n) is 5.68. The van der Waals surface area contributed by atoms with Gasteiger partial charge in [0.05, 0.1) is 19.3 Å². The Kier molecular flexibility index (Phi) is 9.36. The second-order valence-corrected chi connectivity index (χ2v) is 8.76. The van der Waals surface area contributed by atoms with Crippen molar-refractivity contribution in [3.05, 3.63) is 59.7 Å². The molecule has 4 rings (SSSR count). The summed E-state index contributed by atoms with van der Waals surface area (Å²) in [6.07, 6.45) is -1.28. The molecule has 0 spiro atoms. The third kappa shape index (κ3) is 8.70. The van der Waals surface area contributed by atoms with Crippen molar-refractivity contribution >= 4 is 23.6 Å². The van der Waals surface area contributed by atoms with E-state index >= 15 is 0 Å². The summed E-state index contributed by atoms with van der Waals surface area (Å²) in [6.45, 7) is -0.510. The van der Waals surface area contributed by atoms with Crippen LogP contribution in [-0.2, 0) is 4.74 Å². The van der Waals surface area contributed by atoms with Gasteiger partial charge in [-0.15, -0.1) is 0 Å². The van der Waals surface area contributed by atoms with Crippen LogP contribution < -0.4 is 20.1 Å². The number of carboxylic acids is 1. The number of rotatable bonds is 4. The Morgan fingerprint density at radius 3 is 2.49 bits per heavy atom. The summed E-state index contributed by atoms with van der Waals surface area (Å²) in [5, 5.41) is 15.5. The van der Waals surface area contributed by atoms with Gasteiger partial charge in [0.1, 0.15) is 11.3 Å². The maximum atomic E-state index is 12.8. The van der Waals surface area contributed by atoms with E-state index in [9.17, 15) is 23.1 Å². The number of alkyl halides is 3. The predicted octanol–water partition coefficient (Wildman–Crippen LogP) is 5.38. The highest BCUT2D eigenvalue weighted by Gasteiger charge is 2.29. The summed E-state index contributed by atoms with van der Waals surface area (Å²) >= 11 is 0.